The summed E-state index contributed by atoms with van der Waals surface area (Å²) in [4.78, 5) is 0. The van der Waals surface area contributed by atoms with Crippen LogP contribution >= 0.6 is 11.6 Å². The third-order valence-corrected chi connectivity index (χ3v) is 4.13. The van der Waals surface area contributed by atoms with Gasteiger partial charge in [0.2, 0.25) is 0 Å². The standard InChI is InChI=1S/C19H24ClN/c1-5-19(16-6-8-18(20)9-7-16)21-15(4)17-11-13(2)10-14(3)12-17/h6-12,15,19,21H,5H2,1-4H3. The summed E-state index contributed by atoms with van der Waals surface area (Å²) >= 11 is 5.98. The molecule has 0 saturated heterocycles. The zero-order valence-electron chi connectivity index (χ0n) is 13.3. The molecule has 0 aliphatic rings. The third kappa shape index (κ3) is 4.33. The van der Waals surface area contributed by atoms with Gasteiger partial charge in [0, 0.05) is 17.1 Å². The van der Waals surface area contributed by atoms with Crippen LogP contribution in [-0.2, 0) is 0 Å². The van der Waals surface area contributed by atoms with E-state index in [-0.39, 0.29) is 0 Å². The molecule has 0 fully saturated rings. The van der Waals surface area contributed by atoms with E-state index in [0.717, 1.165) is 11.4 Å². The van der Waals surface area contributed by atoms with Crippen molar-refractivity contribution >= 4 is 11.6 Å². The number of hydrogen-bond acceptors (Lipinski definition) is 1. The highest BCUT2D eigenvalue weighted by Gasteiger charge is 2.14. The molecule has 0 spiro atoms. The quantitative estimate of drug-likeness (QED) is 0.740. The van der Waals surface area contributed by atoms with Gasteiger partial charge in [-0.1, -0.05) is 60.0 Å². The number of aryl methyl sites for hydroxylation is 2. The van der Waals surface area contributed by atoms with Crippen molar-refractivity contribution < 1.29 is 0 Å². The SMILES string of the molecule is CCC(NC(C)c1cc(C)cc(C)c1)c1ccc(Cl)cc1. The molecule has 0 aliphatic carbocycles. The second-order valence-electron chi connectivity index (χ2n) is 5.82. The molecular weight excluding hydrogens is 278 g/mol. The van der Waals surface area contributed by atoms with Gasteiger partial charge in [0.25, 0.3) is 0 Å². The van der Waals surface area contributed by atoms with E-state index in [4.69, 9.17) is 11.6 Å². The van der Waals surface area contributed by atoms with Gasteiger partial charge in [-0.05, 0) is 50.5 Å². The van der Waals surface area contributed by atoms with Gasteiger partial charge in [-0.2, -0.15) is 0 Å². The zero-order valence-corrected chi connectivity index (χ0v) is 14.0. The van der Waals surface area contributed by atoms with E-state index in [1.807, 2.05) is 12.1 Å². The maximum Gasteiger partial charge on any atom is 0.0406 e. The highest BCUT2D eigenvalue weighted by atomic mass is 35.5. The summed E-state index contributed by atoms with van der Waals surface area (Å²) in [5.74, 6) is 0. The van der Waals surface area contributed by atoms with Crippen LogP contribution in [0, 0.1) is 13.8 Å². The monoisotopic (exact) mass is 301 g/mol. The Kier molecular flexibility index (Phi) is 5.44. The van der Waals surface area contributed by atoms with Gasteiger partial charge in [-0.3, -0.25) is 0 Å². The van der Waals surface area contributed by atoms with E-state index in [2.05, 4.69) is 63.3 Å². The van der Waals surface area contributed by atoms with Crippen molar-refractivity contribution in [2.75, 3.05) is 0 Å². The van der Waals surface area contributed by atoms with E-state index in [1.54, 1.807) is 0 Å². The lowest BCUT2D eigenvalue weighted by Gasteiger charge is -2.24. The molecule has 2 rings (SSSR count). The fourth-order valence-electron chi connectivity index (χ4n) is 2.80. The molecule has 2 aromatic carbocycles. The average Bonchev–Trinajstić information content (AvgIpc) is 2.44. The van der Waals surface area contributed by atoms with Crippen LogP contribution in [-0.4, -0.2) is 0 Å². The van der Waals surface area contributed by atoms with Crippen molar-refractivity contribution in [2.45, 2.75) is 46.2 Å². The average molecular weight is 302 g/mol. The third-order valence-electron chi connectivity index (χ3n) is 3.88. The first-order valence-corrected chi connectivity index (χ1v) is 7.97. The predicted molar refractivity (Wildman–Crippen MR) is 92.0 cm³/mol. The summed E-state index contributed by atoms with van der Waals surface area (Å²) in [6.07, 6.45) is 1.05. The van der Waals surface area contributed by atoms with E-state index in [1.165, 1.54) is 22.3 Å². The summed E-state index contributed by atoms with van der Waals surface area (Å²) in [6.45, 7) is 8.74. The molecule has 0 radical (unpaired) electrons. The first-order chi connectivity index (χ1) is 9.99. The van der Waals surface area contributed by atoms with Gasteiger partial charge >= 0.3 is 0 Å². The second-order valence-corrected chi connectivity index (χ2v) is 6.26. The van der Waals surface area contributed by atoms with Gasteiger partial charge in [0.1, 0.15) is 0 Å². The van der Waals surface area contributed by atoms with Crippen LogP contribution in [0.1, 0.15) is 54.6 Å². The molecule has 2 atom stereocenters. The minimum atomic E-state index is 0.323. The predicted octanol–water partition coefficient (Wildman–Crippen LogP) is 5.76. The lowest BCUT2D eigenvalue weighted by Crippen LogP contribution is -2.24. The molecule has 0 saturated carbocycles. The Morgan fingerprint density at radius 3 is 2.05 bits per heavy atom. The molecule has 1 N–H and O–H groups in total. The van der Waals surface area contributed by atoms with Crippen LogP contribution in [0.4, 0.5) is 0 Å². The number of nitrogens with one attached hydrogen (secondary N) is 1. The van der Waals surface area contributed by atoms with Gasteiger partial charge in [0.05, 0.1) is 0 Å². The lowest BCUT2D eigenvalue weighted by atomic mass is 9.99. The molecule has 0 heterocycles. The van der Waals surface area contributed by atoms with E-state index in [0.29, 0.717) is 12.1 Å². The van der Waals surface area contributed by atoms with Crippen LogP contribution in [0.25, 0.3) is 0 Å². The van der Waals surface area contributed by atoms with Crippen molar-refractivity contribution in [1.29, 1.82) is 0 Å². The van der Waals surface area contributed by atoms with Gasteiger partial charge in [-0.25, -0.2) is 0 Å². The zero-order chi connectivity index (χ0) is 15.4. The Balaban J connectivity index is 2.15. The Morgan fingerprint density at radius 2 is 1.52 bits per heavy atom. The molecule has 0 aromatic heterocycles. The molecule has 0 amide bonds. The summed E-state index contributed by atoms with van der Waals surface area (Å²) < 4.78 is 0. The van der Waals surface area contributed by atoms with Gasteiger partial charge in [-0.15, -0.1) is 0 Å². The summed E-state index contributed by atoms with van der Waals surface area (Å²) in [7, 11) is 0. The van der Waals surface area contributed by atoms with Crippen LogP contribution in [0.5, 0.6) is 0 Å². The first kappa shape index (κ1) is 16.1. The minimum absolute atomic E-state index is 0.323. The minimum Gasteiger partial charge on any atom is -0.303 e. The first-order valence-electron chi connectivity index (χ1n) is 7.59. The highest BCUT2D eigenvalue weighted by molar-refractivity contribution is 6.30. The Morgan fingerprint density at radius 1 is 0.952 bits per heavy atom. The van der Waals surface area contributed by atoms with Crippen molar-refractivity contribution in [3.05, 3.63) is 69.7 Å². The fraction of sp³-hybridized carbons (Fsp3) is 0.368. The Hall–Kier alpha value is -1.31. The van der Waals surface area contributed by atoms with Crippen molar-refractivity contribution in [1.82, 2.24) is 5.32 Å². The largest absolute Gasteiger partial charge is 0.303 e. The summed E-state index contributed by atoms with van der Waals surface area (Å²) in [6, 6.07) is 15.5. The topological polar surface area (TPSA) is 12.0 Å². The van der Waals surface area contributed by atoms with E-state index < -0.39 is 0 Å². The smallest absolute Gasteiger partial charge is 0.0406 e. The van der Waals surface area contributed by atoms with Crippen LogP contribution < -0.4 is 5.32 Å². The summed E-state index contributed by atoms with van der Waals surface area (Å²) in [5, 5.41) is 4.52. The maximum atomic E-state index is 5.98. The fourth-order valence-corrected chi connectivity index (χ4v) is 2.93. The normalized spacial score (nSPS) is 14.0. The molecule has 112 valence electrons. The molecule has 21 heavy (non-hydrogen) atoms. The molecule has 2 aromatic rings. The summed E-state index contributed by atoms with van der Waals surface area (Å²) in [5.41, 5.74) is 5.27. The number of rotatable bonds is 5. The molecule has 2 unspecified atom stereocenters. The van der Waals surface area contributed by atoms with Crippen molar-refractivity contribution in [3.63, 3.8) is 0 Å². The molecule has 0 aliphatic heterocycles. The Labute approximate surface area is 133 Å². The van der Waals surface area contributed by atoms with E-state index >= 15 is 0 Å². The molecule has 2 heteroatoms. The van der Waals surface area contributed by atoms with Gasteiger partial charge < -0.3 is 5.32 Å². The Bertz CT molecular complexity index is 569. The van der Waals surface area contributed by atoms with Crippen molar-refractivity contribution in [2.24, 2.45) is 0 Å². The van der Waals surface area contributed by atoms with Crippen LogP contribution in [0.3, 0.4) is 0 Å². The molecular formula is C19H24ClN. The number of benzene rings is 2. The van der Waals surface area contributed by atoms with Gasteiger partial charge in [0.15, 0.2) is 0 Å². The second kappa shape index (κ2) is 7.11. The van der Waals surface area contributed by atoms with Crippen LogP contribution in [0.2, 0.25) is 5.02 Å². The lowest BCUT2D eigenvalue weighted by molar-refractivity contribution is 0.456. The van der Waals surface area contributed by atoms with Crippen LogP contribution in [0.15, 0.2) is 42.5 Å². The van der Waals surface area contributed by atoms with E-state index in [9.17, 15) is 0 Å². The number of hydrogen-bond donors (Lipinski definition) is 1. The maximum absolute atomic E-state index is 5.98. The molecule has 1 nitrogen and oxygen atoms in total. The molecule has 0 bridgehead atoms. The number of halogens is 1. The van der Waals surface area contributed by atoms with Crippen molar-refractivity contribution in [3.8, 4) is 0 Å². The highest BCUT2D eigenvalue weighted by Crippen LogP contribution is 2.24.